The monoisotopic (exact) mass is 421 g/mol. The van der Waals surface area contributed by atoms with Crippen LogP contribution in [0.5, 0.6) is 5.75 Å². The van der Waals surface area contributed by atoms with Gasteiger partial charge in [0.25, 0.3) is 5.91 Å². The summed E-state index contributed by atoms with van der Waals surface area (Å²) < 4.78 is 33.5. The van der Waals surface area contributed by atoms with Gasteiger partial charge in [-0.2, -0.15) is 0 Å². The van der Waals surface area contributed by atoms with Gasteiger partial charge in [-0.15, -0.1) is 0 Å². The van der Waals surface area contributed by atoms with Crippen molar-refractivity contribution in [1.29, 1.82) is 0 Å². The highest BCUT2D eigenvalue weighted by molar-refractivity contribution is 7.89. The summed E-state index contributed by atoms with van der Waals surface area (Å²) in [6.07, 6.45) is 4.15. The summed E-state index contributed by atoms with van der Waals surface area (Å²) in [7, 11) is 2.67. The van der Waals surface area contributed by atoms with E-state index in [9.17, 15) is 13.2 Å². The molecule has 0 spiro atoms. The minimum atomic E-state index is -3.69. The van der Waals surface area contributed by atoms with Gasteiger partial charge < -0.3 is 19.5 Å². The van der Waals surface area contributed by atoms with E-state index in [1.54, 1.807) is 12.1 Å². The third-order valence-electron chi connectivity index (χ3n) is 5.42. The Hall–Kier alpha value is -2.36. The molecular formula is C20H29N4O4S+. The second-order valence-electron chi connectivity index (χ2n) is 7.53. The maximum atomic E-state index is 12.7. The number of anilines is 1. The number of nitrogens with one attached hydrogen (secondary N) is 2. The van der Waals surface area contributed by atoms with Crippen LogP contribution in [-0.2, 0) is 21.9 Å². The zero-order valence-corrected chi connectivity index (χ0v) is 18.1. The van der Waals surface area contributed by atoms with Crippen LogP contribution >= 0.6 is 0 Å². The van der Waals surface area contributed by atoms with Gasteiger partial charge in [-0.3, -0.25) is 4.79 Å². The third-order valence-corrected chi connectivity index (χ3v) is 7.25. The van der Waals surface area contributed by atoms with Gasteiger partial charge in [0.1, 0.15) is 16.7 Å². The van der Waals surface area contributed by atoms with E-state index in [-0.39, 0.29) is 16.6 Å². The highest BCUT2D eigenvalue weighted by Gasteiger charge is 2.33. The zero-order valence-electron chi connectivity index (χ0n) is 17.3. The van der Waals surface area contributed by atoms with Crippen molar-refractivity contribution >= 4 is 21.6 Å². The SMILES string of the molecule is COc1ccc(NC(=O)C[NH+]2CCC[C@@H]2c2cccn2C)cc1S(=O)(=O)N(C)C. The van der Waals surface area contributed by atoms with Crippen LogP contribution in [0.15, 0.2) is 41.4 Å². The number of amides is 1. The molecule has 0 radical (unpaired) electrons. The van der Waals surface area contributed by atoms with Crippen molar-refractivity contribution in [2.24, 2.45) is 7.05 Å². The molecular weight excluding hydrogens is 392 g/mol. The molecule has 2 atom stereocenters. The number of nitrogens with zero attached hydrogens (tertiary/aromatic N) is 2. The molecule has 1 unspecified atom stereocenters. The lowest BCUT2D eigenvalue weighted by atomic mass is 10.1. The summed E-state index contributed by atoms with van der Waals surface area (Å²) in [4.78, 5) is 13.9. The fourth-order valence-corrected chi connectivity index (χ4v) is 4.96. The van der Waals surface area contributed by atoms with Crippen molar-refractivity contribution in [3.8, 4) is 5.75 Å². The summed E-state index contributed by atoms with van der Waals surface area (Å²) in [5.74, 6) is 0.102. The number of likely N-dealkylation sites (tertiary alicyclic amines) is 1. The molecule has 8 nitrogen and oxygen atoms in total. The number of carbonyl (C=O) groups is 1. The van der Waals surface area contributed by atoms with E-state index in [1.807, 2.05) is 19.3 Å². The Morgan fingerprint density at radius 2 is 2.10 bits per heavy atom. The molecule has 1 aromatic heterocycles. The predicted molar refractivity (Wildman–Crippen MR) is 111 cm³/mol. The number of hydrogen-bond acceptors (Lipinski definition) is 4. The maximum absolute atomic E-state index is 12.7. The molecule has 3 rings (SSSR count). The minimum absolute atomic E-state index is 0.0259. The van der Waals surface area contributed by atoms with Gasteiger partial charge in [-0.1, -0.05) is 0 Å². The normalized spacial score (nSPS) is 19.5. The van der Waals surface area contributed by atoms with Crippen LogP contribution in [0, 0.1) is 0 Å². The first kappa shape index (κ1) is 21.4. The average Bonchev–Trinajstić information content (AvgIpc) is 3.29. The summed E-state index contributed by atoms with van der Waals surface area (Å²) in [5, 5.41) is 2.85. The molecule has 1 aliphatic rings. The van der Waals surface area contributed by atoms with Crippen molar-refractivity contribution in [1.82, 2.24) is 8.87 Å². The fraction of sp³-hybridized carbons (Fsp3) is 0.450. The number of hydrogen-bond donors (Lipinski definition) is 2. The molecule has 2 N–H and O–H groups in total. The van der Waals surface area contributed by atoms with Gasteiger partial charge in [0.15, 0.2) is 6.54 Å². The second-order valence-corrected chi connectivity index (χ2v) is 9.65. The van der Waals surface area contributed by atoms with Gasteiger partial charge in [0.2, 0.25) is 10.0 Å². The van der Waals surface area contributed by atoms with Crippen LogP contribution in [0.2, 0.25) is 0 Å². The number of carbonyl (C=O) groups excluding carboxylic acids is 1. The molecule has 1 amide bonds. The maximum Gasteiger partial charge on any atom is 0.279 e. The highest BCUT2D eigenvalue weighted by atomic mass is 32.2. The van der Waals surface area contributed by atoms with Gasteiger partial charge >= 0.3 is 0 Å². The number of methoxy groups -OCH3 is 1. The lowest BCUT2D eigenvalue weighted by Gasteiger charge is -2.22. The first-order valence-electron chi connectivity index (χ1n) is 9.60. The van der Waals surface area contributed by atoms with E-state index in [0.29, 0.717) is 18.3 Å². The Morgan fingerprint density at radius 3 is 2.72 bits per heavy atom. The van der Waals surface area contributed by atoms with Gasteiger partial charge in [-0.25, -0.2) is 12.7 Å². The Balaban J connectivity index is 1.75. The van der Waals surface area contributed by atoms with E-state index in [2.05, 4.69) is 16.0 Å². The largest absolute Gasteiger partial charge is 0.495 e. The quantitative estimate of drug-likeness (QED) is 0.687. The summed E-state index contributed by atoms with van der Waals surface area (Å²) in [6.45, 7) is 1.27. The van der Waals surface area contributed by atoms with Gasteiger partial charge in [0, 0.05) is 45.9 Å². The van der Waals surface area contributed by atoms with Crippen molar-refractivity contribution in [2.45, 2.75) is 23.8 Å². The lowest BCUT2D eigenvalue weighted by Crippen LogP contribution is -3.11. The first-order chi connectivity index (χ1) is 13.7. The molecule has 158 valence electrons. The molecule has 9 heteroatoms. The van der Waals surface area contributed by atoms with Crippen LogP contribution < -0.4 is 15.0 Å². The number of quaternary nitrogens is 1. The zero-order chi connectivity index (χ0) is 21.2. The van der Waals surface area contributed by atoms with E-state index in [1.165, 1.54) is 37.9 Å². The number of benzene rings is 1. The molecule has 1 fully saturated rings. The van der Waals surface area contributed by atoms with Crippen LogP contribution in [-0.4, -0.2) is 57.5 Å². The van der Waals surface area contributed by atoms with Crippen molar-refractivity contribution < 1.29 is 22.8 Å². The number of ether oxygens (including phenoxy) is 1. The van der Waals surface area contributed by atoms with E-state index >= 15 is 0 Å². The molecule has 1 aliphatic heterocycles. The third kappa shape index (κ3) is 4.47. The topological polar surface area (TPSA) is 85.1 Å². The summed E-state index contributed by atoms with van der Waals surface area (Å²) in [5.41, 5.74) is 1.67. The number of sulfonamides is 1. The van der Waals surface area contributed by atoms with E-state index in [4.69, 9.17) is 4.74 Å². The fourth-order valence-electron chi connectivity index (χ4n) is 3.88. The van der Waals surface area contributed by atoms with Gasteiger partial charge in [-0.05, 0) is 30.3 Å². The van der Waals surface area contributed by atoms with Crippen molar-refractivity contribution in [2.75, 3.05) is 39.6 Å². The Kier molecular flexibility index (Phi) is 6.30. The number of rotatable bonds is 7. The predicted octanol–water partition coefficient (Wildman–Crippen LogP) is 0.643. The van der Waals surface area contributed by atoms with Crippen LogP contribution in [0.25, 0.3) is 0 Å². The lowest BCUT2D eigenvalue weighted by molar-refractivity contribution is -0.910. The van der Waals surface area contributed by atoms with Crippen LogP contribution in [0.4, 0.5) is 5.69 Å². The molecule has 2 heterocycles. The molecule has 0 bridgehead atoms. The Bertz CT molecular complexity index is 984. The highest BCUT2D eigenvalue weighted by Crippen LogP contribution is 2.28. The molecule has 1 aromatic carbocycles. The molecule has 0 aliphatic carbocycles. The molecule has 0 saturated carbocycles. The Labute approximate surface area is 172 Å². The van der Waals surface area contributed by atoms with Crippen molar-refractivity contribution in [3.05, 3.63) is 42.2 Å². The second kappa shape index (κ2) is 8.56. The summed E-state index contributed by atoms with van der Waals surface area (Å²) in [6, 6.07) is 9.08. The Morgan fingerprint density at radius 1 is 1.34 bits per heavy atom. The van der Waals surface area contributed by atoms with Crippen LogP contribution in [0.3, 0.4) is 0 Å². The smallest absolute Gasteiger partial charge is 0.279 e. The average molecular weight is 422 g/mol. The van der Waals surface area contributed by atoms with Crippen molar-refractivity contribution in [3.63, 3.8) is 0 Å². The van der Waals surface area contributed by atoms with E-state index < -0.39 is 10.0 Å². The first-order valence-corrected chi connectivity index (χ1v) is 11.0. The standard InChI is InChI=1S/C20H28N4O4S/c1-22(2)29(26,27)19-13-15(9-10-18(19)28-4)21-20(25)14-24-12-6-8-17(24)16-7-5-11-23(16)3/h5,7,9-11,13,17H,6,8,12,14H2,1-4H3,(H,21,25)/p+1/t17-/m1/s1. The molecule has 29 heavy (non-hydrogen) atoms. The van der Waals surface area contributed by atoms with E-state index in [0.717, 1.165) is 23.7 Å². The minimum Gasteiger partial charge on any atom is -0.495 e. The molecule has 1 saturated heterocycles. The van der Waals surface area contributed by atoms with Crippen LogP contribution in [0.1, 0.15) is 24.6 Å². The molecule has 2 aromatic rings. The number of aryl methyl sites for hydroxylation is 1. The summed E-state index contributed by atoms with van der Waals surface area (Å²) >= 11 is 0. The van der Waals surface area contributed by atoms with Gasteiger partial charge in [0.05, 0.1) is 19.3 Å². The number of aromatic nitrogens is 1.